The van der Waals surface area contributed by atoms with E-state index in [-0.39, 0.29) is 21.5 Å². The number of carbonyl (C=O) groups is 2. The lowest BCUT2D eigenvalue weighted by molar-refractivity contribution is -0.121. The van der Waals surface area contributed by atoms with E-state index in [0.29, 0.717) is 37.4 Å². The number of sulfonamides is 1. The Kier molecular flexibility index (Phi) is 10.9. The molecule has 2 aliphatic heterocycles. The van der Waals surface area contributed by atoms with E-state index >= 15 is 0 Å². The van der Waals surface area contributed by atoms with Gasteiger partial charge in [0.15, 0.2) is 0 Å². The summed E-state index contributed by atoms with van der Waals surface area (Å²) in [6.45, 7) is 9.54. The maximum atomic E-state index is 13.5. The van der Waals surface area contributed by atoms with Crippen molar-refractivity contribution in [1.29, 1.82) is 0 Å². The second-order valence-corrected chi connectivity index (χ2v) is 17.0. The van der Waals surface area contributed by atoms with Crippen molar-refractivity contribution in [3.05, 3.63) is 77.2 Å². The van der Waals surface area contributed by atoms with E-state index in [4.69, 9.17) is 4.74 Å². The highest BCUT2D eigenvalue weighted by Gasteiger charge is 2.33. The van der Waals surface area contributed by atoms with Crippen LogP contribution in [0.1, 0.15) is 31.9 Å². The lowest BCUT2D eigenvalue weighted by Gasteiger charge is -2.37. The van der Waals surface area contributed by atoms with E-state index in [0.717, 1.165) is 31.0 Å². The molecule has 0 saturated carbocycles. The molecule has 1 aromatic heterocycles. The van der Waals surface area contributed by atoms with E-state index < -0.39 is 21.7 Å². The molecule has 3 heterocycles. The fourth-order valence-corrected chi connectivity index (χ4v) is 9.00. The number of amides is 2. The van der Waals surface area contributed by atoms with E-state index in [1.807, 2.05) is 62.9 Å². The van der Waals surface area contributed by atoms with Crippen LogP contribution in [-0.2, 0) is 31.7 Å². The molecule has 5 rings (SSSR count). The van der Waals surface area contributed by atoms with Gasteiger partial charge in [-0.05, 0) is 49.4 Å². The number of ether oxygens (including phenoxy) is 1. The van der Waals surface area contributed by atoms with Crippen molar-refractivity contribution in [2.24, 2.45) is 0 Å². The van der Waals surface area contributed by atoms with Gasteiger partial charge < -0.3 is 20.3 Å². The number of hydrogen-bond donors (Lipinski definition) is 2. The van der Waals surface area contributed by atoms with Gasteiger partial charge in [-0.1, -0.05) is 48.5 Å². The summed E-state index contributed by atoms with van der Waals surface area (Å²) in [6.07, 6.45) is 0.189. The van der Waals surface area contributed by atoms with Crippen molar-refractivity contribution in [3.63, 3.8) is 0 Å². The summed E-state index contributed by atoms with van der Waals surface area (Å²) in [4.78, 5) is 30.1. The molecule has 46 heavy (non-hydrogen) atoms. The fraction of sp³-hybridized carbons (Fsp3) is 0.455. The molecule has 2 amide bonds. The van der Waals surface area contributed by atoms with E-state index in [1.165, 1.54) is 21.2 Å². The van der Waals surface area contributed by atoms with Crippen LogP contribution in [0.15, 0.2) is 70.3 Å². The molecule has 0 bridgehead atoms. The van der Waals surface area contributed by atoms with E-state index in [1.54, 1.807) is 35.5 Å². The Morgan fingerprint density at radius 2 is 1.80 bits per heavy atom. The first kappa shape index (κ1) is 34.1. The molecule has 2 atom stereocenters. The van der Waals surface area contributed by atoms with Gasteiger partial charge in [-0.2, -0.15) is 11.8 Å². The van der Waals surface area contributed by atoms with Crippen LogP contribution in [0.5, 0.6) is 0 Å². The smallest absolute Gasteiger partial charge is 0.410 e. The minimum absolute atomic E-state index is 0.119. The van der Waals surface area contributed by atoms with Crippen molar-refractivity contribution in [2.45, 2.75) is 54.0 Å². The van der Waals surface area contributed by atoms with Crippen LogP contribution < -0.4 is 14.9 Å². The number of carbonyl (C=O) groups excluding carboxylic acids is 2. The molecular formula is C33H43N5O5S3. The number of para-hydroxylation sites is 1. The Hall–Kier alpha value is -3.26. The van der Waals surface area contributed by atoms with Crippen molar-refractivity contribution in [2.75, 3.05) is 55.9 Å². The highest BCUT2D eigenvalue weighted by atomic mass is 32.2. The molecule has 0 aliphatic carbocycles. The second-order valence-electron chi connectivity index (χ2n) is 12.5. The summed E-state index contributed by atoms with van der Waals surface area (Å²) in [5, 5.41) is 8.35. The predicted octanol–water partition coefficient (Wildman–Crippen LogP) is 4.88. The Morgan fingerprint density at radius 1 is 1.07 bits per heavy atom. The van der Waals surface area contributed by atoms with E-state index in [9.17, 15) is 18.0 Å². The largest absolute Gasteiger partial charge is 0.444 e. The summed E-state index contributed by atoms with van der Waals surface area (Å²) in [5.41, 5.74) is 2.79. The molecule has 13 heteroatoms. The minimum atomic E-state index is -3.71. The Balaban J connectivity index is 1.20. The van der Waals surface area contributed by atoms with Gasteiger partial charge in [0, 0.05) is 63.7 Å². The molecule has 248 valence electrons. The molecule has 2 aromatic carbocycles. The van der Waals surface area contributed by atoms with Gasteiger partial charge in [-0.25, -0.2) is 13.2 Å². The lowest BCUT2D eigenvalue weighted by Crippen LogP contribution is -2.52. The summed E-state index contributed by atoms with van der Waals surface area (Å²) in [6, 6.07) is 18.6. The zero-order chi connectivity index (χ0) is 32.9. The van der Waals surface area contributed by atoms with E-state index in [2.05, 4.69) is 27.7 Å². The zero-order valence-corrected chi connectivity index (χ0v) is 29.2. The quantitative estimate of drug-likeness (QED) is 0.294. The van der Waals surface area contributed by atoms with Crippen LogP contribution in [0, 0.1) is 0 Å². The summed E-state index contributed by atoms with van der Waals surface area (Å²) >= 11 is 2.98. The number of anilines is 2. The van der Waals surface area contributed by atoms with Crippen LogP contribution in [0.2, 0.25) is 0 Å². The number of fused-ring (bicyclic) bond motifs is 1. The van der Waals surface area contributed by atoms with Crippen molar-refractivity contribution >= 4 is 56.5 Å². The van der Waals surface area contributed by atoms with Crippen LogP contribution in [0.3, 0.4) is 0 Å². The second kappa shape index (κ2) is 14.7. The number of thioether (sulfide) groups is 1. The maximum Gasteiger partial charge on any atom is 0.410 e. The average Bonchev–Trinajstić information content (AvgIpc) is 3.73. The number of nitrogens with one attached hydrogen (secondary N) is 2. The summed E-state index contributed by atoms with van der Waals surface area (Å²) in [7, 11) is -2.17. The Labute approximate surface area is 280 Å². The van der Waals surface area contributed by atoms with Gasteiger partial charge in [-0.3, -0.25) is 14.0 Å². The van der Waals surface area contributed by atoms with Gasteiger partial charge in [0.1, 0.15) is 15.9 Å². The molecule has 10 nitrogen and oxygen atoms in total. The molecule has 0 radical (unpaired) electrons. The molecule has 1 fully saturated rings. The number of hydrogen-bond acceptors (Lipinski definition) is 9. The topological polar surface area (TPSA) is 111 Å². The number of benzene rings is 2. The van der Waals surface area contributed by atoms with Crippen LogP contribution in [0.4, 0.5) is 16.2 Å². The monoisotopic (exact) mass is 685 g/mol. The number of piperazine rings is 1. The van der Waals surface area contributed by atoms with Gasteiger partial charge in [-0.15, -0.1) is 11.3 Å². The normalized spacial score (nSPS) is 17.6. The first-order valence-electron chi connectivity index (χ1n) is 15.4. The molecule has 2 N–H and O–H groups in total. The highest BCUT2D eigenvalue weighted by Crippen LogP contribution is 2.38. The molecule has 0 spiro atoms. The maximum absolute atomic E-state index is 13.5. The Bertz CT molecular complexity index is 1590. The van der Waals surface area contributed by atoms with Crippen molar-refractivity contribution in [1.82, 2.24) is 15.1 Å². The number of rotatable bonds is 11. The summed E-state index contributed by atoms with van der Waals surface area (Å²) in [5.74, 6) is 0.701. The van der Waals surface area contributed by atoms with Gasteiger partial charge in [0.25, 0.3) is 10.0 Å². The van der Waals surface area contributed by atoms with Crippen LogP contribution >= 0.6 is 23.1 Å². The average molecular weight is 686 g/mol. The molecule has 1 saturated heterocycles. The third-order valence-electron chi connectivity index (χ3n) is 7.96. The van der Waals surface area contributed by atoms with Crippen LogP contribution in [-0.4, -0.2) is 93.4 Å². The molecular weight excluding hydrogens is 643 g/mol. The van der Waals surface area contributed by atoms with Crippen molar-refractivity contribution in [3.8, 4) is 0 Å². The zero-order valence-electron chi connectivity index (χ0n) is 26.8. The SMILES string of the molecule is CN(c1cccc2c1NC(C(=O)NCC(CN1CCN(C(=O)OC(C)(C)C)CC1)SCc1ccccc1)C2)S(=O)(=O)c1cccs1. The molecule has 2 unspecified atom stereocenters. The highest BCUT2D eigenvalue weighted by molar-refractivity contribution is 7.99. The van der Waals surface area contributed by atoms with Gasteiger partial charge >= 0.3 is 6.09 Å². The Morgan fingerprint density at radius 3 is 2.48 bits per heavy atom. The molecule has 2 aliphatic rings. The van der Waals surface area contributed by atoms with Crippen LogP contribution in [0.25, 0.3) is 0 Å². The first-order chi connectivity index (χ1) is 21.9. The summed E-state index contributed by atoms with van der Waals surface area (Å²) < 4.78 is 33.5. The van der Waals surface area contributed by atoms with Crippen molar-refractivity contribution < 1.29 is 22.7 Å². The standard InChI is InChI=1S/C33H43N5O5S3/c1-33(2,3)43-32(40)38-17-15-37(16-18-38)22-26(45-23-24-10-6-5-7-11-24)21-34-31(39)27-20-25-12-8-13-28(30(25)35-27)36(4)46(41,42)29-14-9-19-44-29/h5-14,19,26-27,35H,15-18,20-23H2,1-4H3,(H,34,39). The van der Waals surface area contributed by atoms with Gasteiger partial charge in [0.05, 0.1) is 11.4 Å². The number of thiophene rings is 1. The third-order valence-corrected chi connectivity index (χ3v) is 12.4. The third kappa shape index (κ3) is 8.55. The minimum Gasteiger partial charge on any atom is -0.444 e. The predicted molar refractivity (Wildman–Crippen MR) is 186 cm³/mol. The first-order valence-corrected chi connectivity index (χ1v) is 18.8. The lowest BCUT2D eigenvalue weighted by atomic mass is 10.1. The van der Waals surface area contributed by atoms with Gasteiger partial charge in [0.2, 0.25) is 5.91 Å². The fourth-order valence-electron chi connectivity index (χ4n) is 5.49. The molecule has 3 aromatic rings. The number of nitrogens with zero attached hydrogens (tertiary/aromatic N) is 3.